The lowest BCUT2D eigenvalue weighted by Gasteiger charge is -2.55. The molecule has 1 aliphatic rings. The molecular formula is C16H33NO2. The van der Waals surface area contributed by atoms with Crippen molar-refractivity contribution in [3.8, 4) is 0 Å². The zero-order valence-electron chi connectivity index (χ0n) is 13.5. The van der Waals surface area contributed by atoms with Crippen LogP contribution in [0.1, 0.15) is 60.3 Å². The van der Waals surface area contributed by atoms with Gasteiger partial charge in [-0.1, -0.05) is 20.8 Å². The molecule has 114 valence electrons. The molecule has 0 bridgehead atoms. The minimum Gasteiger partial charge on any atom is -0.376 e. The number of hydrogen-bond acceptors (Lipinski definition) is 3. The fourth-order valence-electron chi connectivity index (χ4n) is 3.26. The maximum Gasteiger partial charge on any atom is 0.0704 e. The summed E-state index contributed by atoms with van der Waals surface area (Å²) in [6.07, 6.45) is 5.46. The summed E-state index contributed by atoms with van der Waals surface area (Å²) in [6.45, 7) is 13.5. The van der Waals surface area contributed by atoms with Crippen LogP contribution in [0, 0.1) is 5.41 Å². The van der Waals surface area contributed by atoms with Crippen LogP contribution in [0.3, 0.4) is 0 Å². The van der Waals surface area contributed by atoms with E-state index in [9.17, 15) is 0 Å². The van der Waals surface area contributed by atoms with Gasteiger partial charge >= 0.3 is 0 Å². The smallest absolute Gasteiger partial charge is 0.0704 e. The number of ether oxygens (including phenoxy) is 2. The first-order valence-electron chi connectivity index (χ1n) is 8.07. The molecule has 0 aromatic heterocycles. The summed E-state index contributed by atoms with van der Waals surface area (Å²) in [7, 11) is 0. The lowest BCUT2D eigenvalue weighted by atomic mass is 9.58. The van der Waals surface area contributed by atoms with Crippen LogP contribution in [-0.4, -0.2) is 38.0 Å². The van der Waals surface area contributed by atoms with Crippen molar-refractivity contribution in [1.29, 1.82) is 0 Å². The molecule has 3 nitrogen and oxygen atoms in total. The quantitative estimate of drug-likeness (QED) is 0.618. The molecule has 0 aromatic carbocycles. The molecular weight excluding hydrogens is 238 g/mol. The van der Waals surface area contributed by atoms with Crippen molar-refractivity contribution in [2.75, 3.05) is 19.8 Å². The number of rotatable bonds is 10. The van der Waals surface area contributed by atoms with E-state index in [1.165, 1.54) is 19.3 Å². The lowest BCUT2D eigenvalue weighted by molar-refractivity contribution is -0.150. The van der Waals surface area contributed by atoms with Crippen LogP contribution in [0.15, 0.2) is 0 Å². The molecule has 1 N–H and O–H groups in total. The highest BCUT2D eigenvalue weighted by atomic mass is 16.5. The maximum atomic E-state index is 6.07. The van der Waals surface area contributed by atoms with Crippen molar-refractivity contribution >= 4 is 0 Å². The molecule has 0 spiro atoms. The van der Waals surface area contributed by atoms with E-state index in [0.29, 0.717) is 30.3 Å². The van der Waals surface area contributed by atoms with Crippen LogP contribution >= 0.6 is 0 Å². The van der Waals surface area contributed by atoms with Crippen LogP contribution in [0.2, 0.25) is 0 Å². The van der Waals surface area contributed by atoms with Crippen molar-refractivity contribution in [3.63, 3.8) is 0 Å². The van der Waals surface area contributed by atoms with Gasteiger partial charge in [-0.05, 0) is 46.1 Å². The largest absolute Gasteiger partial charge is 0.376 e. The Balaban J connectivity index is 2.37. The molecule has 0 heterocycles. The highest BCUT2D eigenvalue weighted by Gasteiger charge is 2.52. The maximum absolute atomic E-state index is 6.07. The van der Waals surface area contributed by atoms with Crippen LogP contribution in [0.25, 0.3) is 0 Å². The Kier molecular flexibility index (Phi) is 7.33. The van der Waals surface area contributed by atoms with E-state index in [1.54, 1.807) is 0 Å². The third kappa shape index (κ3) is 4.17. The van der Waals surface area contributed by atoms with Gasteiger partial charge in [0.1, 0.15) is 0 Å². The minimum absolute atomic E-state index is 0.297. The molecule has 19 heavy (non-hydrogen) atoms. The summed E-state index contributed by atoms with van der Waals surface area (Å²) >= 11 is 0. The second kappa shape index (κ2) is 8.23. The summed E-state index contributed by atoms with van der Waals surface area (Å²) in [5, 5.41) is 3.69. The van der Waals surface area contributed by atoms with E-state index in [1.807, 2.05) is 0 Å². The highest BCUT2D eigenvalue weighted by molar-refractivity contribution is 5.06. The average molecular weight is 271 g/mol. The molecule has 1 rings (SSSR count). The summed E-state index contributed by atoms with van der Waals surface area (Å²) in [4.78, 5) is 0. The molecule has 0 saturated heterocycles. The Bertz CT molecular complexity index is 239. The fourth-order valence-corrected chi connectivity index (χ4v) is 3.26. The van der Waals surface area contributed by atoms with E-state index in [0.717, 1.165) is 19.6 Å². The number of nitrogens with one attached hydrogen (secondary N) is 1. The first kappa shape index (κ1) is 16.9. The second-order valence-corrected chi connectivity index (χ2v) is 5.96. The Labute approximate surface area is 119 Å². The monoisotopic (exact) mass is 271 g/mol. The molecule has 1 saturated carbocycles. The van der Waals surface area contributed by atoms with Crippen LogP contribution in [0.5, 0.6) is 0 Å². The van der Waals surface area contributed by atoms with E-state index < -0.39 is 0 Å². The molecule has 1 aliphatic carbocycles. The highest BCUT2D eigenvalue weighted by Crippen LogP contribution is 2.48. The van der Waals surface area contributed by atoms with Crippen LogP contribution in [-0.2, 0) is 9.47 Å². The third-order valence-corrected chi connectivity index (χ3v) is 4.60. The minimum atomic E-state index is 0.297. The molecule has 0 radical (unpaired) electrons. The van der Waals surface area contributed by atoms with Gasteiger partial charge in [0.2, 0.25) is 0 Å². The Morgan fingerprint density at radius 1 is 1.16 bits per heavy atom. The molecule has 0 aliphatic heterocycles. The van der Waals surface area contributed by atoms with Gasteiger partial charge in [-0.2, -0.15) is 0 Å². The zero-order valence-corrected chi connectivity index (χ0v) is 13.5. The SMILES string of the molecule is CCCNC1CC(OCCOC(C)C)C1(CC)CC. The van der Waals surface area contributed by atoms with Crippen LogP contribution in [0.4, 0.5) is 0 Å². The van der Waals surface area contributed by atoms with Crippen LogP contribution < -0.4 is 5.32 Å². The van der Waals surface area contributed by atoms with Gasteiger partial charge < -0.3 is 14.8 Å². The molecule has 3 heteroatoms. The Morgan fingerprint density at radius 2 is 1.84 bits per heavy atom. The predicted molar refractivity (Wildman–Crippen MR) is 80.5 cm³/mol. The van der Waals surface area contributed by atoms with Gasteiger partial charge in [0.15, 0.2) is 0 Å². The van der Waals surface area contributed by atoms with Gasteiger partial charge in [0.25, 0.3) is 0 Å². The van der Waals surface area contributed by atoms with E-state index in [4.69, 9.17) is 9.47 Å². The molecule has 0 aromatic rings. The third-order valence-electron chi connectivity index (χ3n) is 4.60. The van der Waals surface area contributed by atoms with E-state index in [2.05, 4.69) is 39.9 Å². The fraction of sp³-hybridized carbons (Fsp3) is 1.00. The van der Waals surface area contributed by atoms with Crippen molar-refractivity contribution in [2.24, 2.45) is 5.41 Å². The summed E-state index contributed by atoms with van der Waals surface area (Å²) < 4.78 is 11.6. The summed E-state index contributed by atoms with van der Waals surface area (Å²) in [6, 6.07) is 0.637. The summed E-state index contributed by atoms with van der Waals surface area (Å²) in [5.41, 5.74) is 0.340. The van der Waals surface area contributed by atoms with E-state index >= 15 is 0 Å². The first-order valence-corrected chi connectivity index (χ1v) is 8.07. The van der Waals surface area contributed by atoms with Crippen molar-refractivity contribution in [1.82, 2.24) is 5.32 Å². The topological polar surface area (TPSA) is 30.5 Å². The van der Waals surface area contributed by atoms with Crippen molar-refractivity contribution in [3.05, 3.63) is 0 Å². The standard InChI is InChI=1S/C16H33NO2/c1-6-9-17-14-12-15(16(14,7-2)8-3)19-11-10-18-13(4)5/h13-15,17H,6-12H2,1-5H3. The lowest BCUT2D eigenvalue weighted by Crippen LogP contribution is -2.63. The molecule has 2 unspecified atom stereocenters. The van der Waals surface area contributed by atoms with Gasteiger partial charge in [0.05, 0.1) is 25.4 Å². The second-order valence-electron chi connectivity index (χ2n) is 5.96. The molecule has 1 fully saturated rings. The van der Waals surface area contributed by atoms with E-state index in [-0.39, 0.29) is 0 Å². The van der Waals surface area contributed by atoms with Gasteiger partial charge in [0, 0.05) is 11.5 Å². The molecule has 0 amide bonds. The predicted octanol–water partition coefficient (Wildman–Crippen LogP) is 3.37. The Morgan fingerprint density at radius 3 is 2.37 bits per heavy atom. The average Bonchev–Trinajstić information content (AvgIpc) is 2.37. The first-order chi connectivity index (χ1) is 9.10. The number of hydrogen-bond donors (Lipinski definition) is 1. The van der Waals surface area contributed by atoms with Gasteiger partial charge in [-0.3, -0.25) is 0 Å². The van der Waals surface area contributed by atoms with Gasteiger partial charge in [-0.15, -0.1) is 0 Å². The Hall–Kier alpha value is -0.120. The normalized spacial score (nSPS) is 25.6. The van der Waals surface area contributed by atoms with Crippen molar-refractivity contribution < 1.29 is 9.47 Å². The molecule has 2 atom stereocenters. The van der Waals surface area contributed by atoms with Gasteiger partial charge in [-0.25, -0.2) is 0 Å². The zero-order chi connectivity index (χ0) is 14.3. The van der Waals surface area contributed by atoms with Crippen molar-refractivity contribution in [2.45, 2.75) is 78.6 Å². The summed E-state index contributed by atoms with van der Waals surface area (Å²) in [5.74, 6) is 0.